The van der Waals surface area contributed by atoms with Crippen molar-refractivity contribution in [3.05, 3.63) is 63.7 Å². The highest BCUT2D eigenvalue weighted by Gasteiger charge is 2.34. The van der Waals surface area contributed by atoms with Gasteiger partial charge in [0.25, 0.3) is 5.69 Å². The van der Waals surface area contributed by atoms with Gasteiger partial charge in [-0.25, -0.2) is 0 Å². The molecule has 0 saturated carbocycles. The molecule has 4 rings (SSSR count). The SMILES string of the molecule is Cl.N[C@@H]1CN(C(=O)Cc2cc3c(cc2[N+](=O)[O-])OCCO3)C[C@H]1c1ccccc1. The highest BCUT2D eigenvalue weighted by atomic mass is 35.5. The molecule has 0 bridgehead atoms. The molecule has 1 fully saturated rings. The molecule has 1 saturated heterocycles. The second kappa shape index (κ2) is 8.67. The van der Waals surface area contributed by atoms with Crippen molar-refractivity contribution in [3.63, 3.8) is 0 Å². The number of nitro benzene ring substituents is 1. The fraction of sp³-hybridized carbons (Fsp3) is 0.350. The fourth-order valence-corrected chi connectivity index (χ4v) is 3.79. The minimum absolute atomic E-state index is 0. The Morgan fingerprint density at radius 3 is 2.45 bits per heavy atom. The van der Waals surface area contributed by atoms with Gasteiger partial charge in [-0.3, -0.25) is 14.9 Å². The van der Waals surface area contributed by atoms with Gasteiger partial charge in [0.15, 0.2) is 11.5 Å². The van der Waals surface area contributed by atoms with Crippen molar-refractivity contribution >= 4 is 24.0 Å². The summed E-state index contributed by atoms with van der Waals surface area (Å²) < 4.78 is 10.9. The Hall–Kier alpha value is -2.84. The summed E-state index contributed by atoms with van der Waals surface area (Å²) in [6.07, 6.45) is -0.0822. The molecule has 2 N–H and O–H groups in total. The average Bonchev–Trinajstić information content (AvgIpc) is 3.10. The van der Waals surface area contributed by atoms with E-state index in [0.29, 0.717) is 43.4 Å². The lowest BCUT2D eigenvalue weighted by Gasteiger charge is -2.20. The first-order chi connectivity index (χ1) is 13.5. The Labute approximate surface area is 174 Å². The van der Waals surface area contributed by atoms with E-state index in [9.17, 15) is 14.9 Å². The molecule has 0 aromatic heterocycles. The van der Waals surface area contributed by atoms with Gasteiger partial charge in [0.1, 0.15) is 13.2 Å². The van der Waals surface area contributed by atoms with E-state index in [0.717, 1.165) is 5.56 Å². The highest BCUT2D eigenvalue weighted by Crippen LogP contribution is 2.37. The van der Waals surface area contributed by atoms with Gasteiger partial charge in [-0.05, 0) is 11.6 Å². The number of fused-ring (bicyclic) bond motifs is 1. The van der Waals surface area contributed by atoms with Crippen LogP contribution < -0.4 is 15.2 Å². The summed E-state index contributed by atoms with van der Waals surface area (Å²) in [6, 6.07) is 12.6. The van der Waals surface area contributed by atoms with E-state index in [4.69, 9.17) is 15.2 Å². The summed E-state index contributed by atoms with van der Waals surface area (Å²) in [4.78, 5) is 25.5. The van der Waals surface area contributed by atoms with Crippen LogP contribution in [0.4, 0.5) is 5.69 Å². The number of amides is 1. The number of nitrogens with zero attached hydrogens (tertiary/aromatic N) is 2. The first kappa shape index (κ1) is 20.9. The smallest absolute Gasteiger partial charge is 0.277 e. The standard InChI is InChI=1S/C20H21N3O5.ClH/c21-16-12-22(11-15(16)13-4-2-1-3-5-13)20(24)9-14-8-18-19(28-7-6-27-18)10-17(14)23(25)26;/h1-5,8,10,15-16H,6-7,9,11-12,21H2;1H/t15-,16+;/m0./s1. The number of carbonyl (C=O) groups is 1. The maximum Gasteiger partial charge on any atom is 0.277 e. The van der Waals surface area contributed by atoms with Crippen LogP contribution in [0.2, 0.25) is 0 Å². The molecule has 8 nitrogen and oxygen atoms in total. The monoisotopic (exact) mass is 419 g/mol. The predicted molar refractivity (Wildman–Crippen MR) is 109 cm³/mol. The quantitative estimate of drug-likeness (QED) is 0.601. The van der Waals surface area contributed by atoms with Crippen LogP contribution in [0.15, 0.2) is 42.5 Å². The summed E-state index contributed by atoms with van der Waals surface area (Å²) in [7, 11) is 0. The number of hydrogen-bond donors (Lipinski definition) is 1. The molecule has 1 amide bonds. The van der Waals surface area contributed by atoms with E-state index in [1.165, 1.54) is 12.1 Å². The number of nitro groups is 1. The van der Waals surface area contributed by atoms with Gasteiger partial charge in [0.05, 0.1) is 17.4 Å². The number of hydrogen-bond acceptors (Lipinski definition) is 6. The van der Waals surface area contributed by atoms with Gasteiger partial charge < -0.3 is 20.1 Å². The van der Waals surface area contributed by atoms with Crippen LogP contribution in [0, 0.1) is 10.1 Å². The Kier molecular flexibility index (Phi) is 6.24. The zero-order valence-electron chi connectivity index (χ0n) is 15.7. The van der Waals surface area contributed by atoms with Gasteiger partial charge >= 0.3 is 0 Å². The van der Waals surface area contributed by atoms with Crippen molar-refractivity contribution in [1.82, 2.24) is 4.90 Å². The number of rotatable bonds is 4. The molecule has 0 aliphatic carbocycles. The van der Waals surface area contributed by atoms with Crippen LogP contribution in [0.5, 0.6) is 11.5 Å². The highest BCUT2D eigenvalue weighted by molar-refractivity contribution is 5.85. The van der Waals surface area contributed by atoms with Crippen LogP contribution in [0.25, 0.3) is 0 Å². The third-order valence-corrected chi connectivity index (χ3v) is 5.23. The second-order valence-corrected chi connectivity index (χ2v) is 7.04. The lowest BCUT2D eigenvalue weighted by Crippen LogP contribution is -2.33. The molecule has 2 aliphatic rings. The molecule has 9 heteroatoms. The zero-order valence-corrected chi connectivity index (χ0v) is 16.5. The lowest BCUT2D eigenvalue weighted by molar-refractivity contribution is -0.385. The van der Waals surface area contributed by atoms with Gasteiger partial charge in [-0.2, -0.15) is 0 Å². The van der Waals surface area contributed by atoms with Crippen molar-refractivity contribution < 1.29 is 19.2 Å². The number of halogens is 1. The van der Waals surface area contributed by atoms with E-state index in [1.807, 2.05) is 30.3 Å². The summed E-state index contributed by atoms with van der Waals surface area (Å²) in [5.41, 5.74) is 7.53. The molecule has 154 valence electrons. The summed E-state index contributed by atoms with van der Waals surface area (Å²) in [5.74, 6) is 0.635. The number of ether oxygens (including phenoxy) is 2. The van der Waals surface area contributed by atoms with Crippen LogP contribution in [-0.2, 0) is 11.2 Å². The molecular formula is C20H22ClN3O5. The largest absolute Gasteiger partial charge is 0.486 e. The van der Waals surface area contributed by atoms with Crippen molar-refractivity contribution in [2.75, 3.05) is 26.3 Å². The van der Waals surface area contributed by atoms with Gasteiger partial charge in [0, 0.05) is 30.6 Å². The normalized spacial score (nSPS) is 20.1. The minimum Gasteiger partial charge on any atom is -0.486 e. The Balaban J connectivity index is 0.00000240. The summed E-state index contributed by atoms with van der Waals surface area (Å²) in [5, 5.41) is 11.5. The third kappa shape index (κ3) is 4.28. The Bertz CT molecular complexity index is 908. The Morgan fingerprint density at radius 2 is 1.79 bits per heavy atom. The van der Waals surface area contributed by atoms with E-state index < -0.39 is 4.92 Å². The van der Waals surface area contributed by atoms with Crippen LogP contribution >= 0.6 is 12.4 Å². The molecule has 0 radical (unpaired) electrons. The maximum atomic E-state index is 12.9. The molecule has 0 spiro atoms. The van der Waals surface area contributed by atoms with Gasteiger partial charge in [-0.1, -0.05) is 30.3 Å². The van der Waals surface area contributed by atoms with E-state index in [-0.39, 0.29) is 42.4 Å². The van der Waals surface area contributed by atoms with Crippen LogP contribution in [-0.4, -0.2) is 48.1 Å². The molecule has 0 unspecified atom stereocenters. The molecule has 29 heavy (non-hydrogen) atoms. The van der Waals surface area contributed by atoms with Crippen molar-refractivity contribution in [2.24, 2.45) is 5.73 Å². The molecule has 2 aromatic carbocycles. The maximum absolute atomic E-state index is 12.9. The van der Waals surface area contributed by atoms with Crippen molar-refractivity contribution in [3.8, 4) is 11.5 Å². The predicted octanol–water partition coefficient (Wildman–Crippen LogP) is 2.28. The lowest BCUT2D eigenvalue weighted by atomic mass is 9.95. The van der Waals surface area contributed by atoms with Gasteiger partial charge in [-0.15, -0.1) is 12.4 Å². The zero-order chi connectivity index (χ0) is 19.7. The molecule has 2 heterocycles. The first-order valence-corrected chi connectivity index (χ1v) is 9.18. The first-order valence-electron chi connectivity index (χ1n) is 9.18. The van der Waals surface area contributed by atoms with Crippen molar-refractivity contribution in [1.29, 1.82) is 0 Å². The molecule has 2 aliphatic heterocycles. The Morgan fingerprint density at radius 1 is 1.14 bits per heavy atom. The average molecular weight is 420 g/mol. The summed E-state index contributed by atoms with van der Waals surface area (Å²) >= 11 is 0. The fourth-order valence-electron chi connectivity index (χ4n) is 3.79. The number of carbonyl (C=O) groups excluding carboxylic acids is 1. The van der Waals surface area contributed by atoms with Crippen molar-refractivity contribution in [2.45, 2.75) is 18.4 Å². The van der Waals surface area contributed by atoms with E-state index >= 15 is 0 Å². The number of nitrogens with two attached hydrogens (primary N) is 1. The number of likely N-dealkylation sites (tertiary alicyclic amines) is 1. The minimum atomic E-state index is -0.497. The van der Waals surface area contributed by atoms with Crippen LogP contribution in [0.3, 0.4) is 0 Å². The summed E-state index contributed by atoms with van der Waals surface area (Å²) in [6.45, 7) is 1.64. The second-order valence-electron chi connectivity index (χ2n) is 7.04. The third-order valence-electron chi connectivity index (χ3n) is 5.23. The van der Waals surface area contributed by atoms with E-state index in [1.54, 1.807) is 4.90 Å². The van der Waals surface area contributed by atoms with E-state index in [2.05, 4.69) is 0 Å². The van der Waals surface area contributed by atoms with Crippen LogP contribution in [0.1, 0.15) is 17.0 Å². The topological polar surface area (TPSA) is 108 Å². The number of benzene rings is 2. The molecular weight excluding hydrogens is 398 g/mol. The molecule has 2 aromatic rings. The van der Waals surface area contributed by atoms with Gasteiger partial charge in [0.2, 0.25) is 5.91 Å². The molecule has 2 atom stereocenters.